The fourth-order valence-corrected chi connectivity index (χ4v) is 3.39. The topological polar surface area (TPSA) is 56.7 Å². The largest absolute Gasteiger partial charge is 0.481 e. The van der Waals surface area contributed by atoms with E-state index in [0.29, 0.717) is 0 Å². The standard InChI is InChI=1S/C12H19N3O2S/c1-8-10(6-11(16)17)18-12(13-8)9-7-14(2)4-5-15(9)3/h9H,4-7H2,1-3H3,(H,16,17). The molecule has 0 aliphatic carbocycles. The number of aryl methyl sites for hydroxylation is 1. The smallest absolute Gasteiger partial charge is 0.308 e. The van der Waals surface area contributed by atoms with Crippen LogP contribution in [0.2, 0.25) is 0 Å². The fraction of sp³-hybridized carbons (Fsp3) is 0.667. The van der Waals surface area contributed by atoms with Crippen LogP contribution in [-0.4, -0.2) is 59.6 Å². The number of thiazole rings is 1. The Kier molecular flexibility index (Phi) is 3.99. The summed E-state index contributed by atoms with van der Waals surface area (Å²) >= 11 is 1.54. The summed E-state index contributed by atoms with van der Waals surface area (Å²) in [4.78, 5) is 20.8. The maximum Gasteiger partial charge on any atom is 0.308 e. The van der Waals surface area contributed by atoms with Crippen molar-refractivity contribution in [1.82, 2.24) is 14.8 Å². The summed E-state index contributed by atoms with van der Waals surface area (Å²) in [5.41, 5.74) is 0.860. The Morgan fingerprint density at radius 2 is 2.22 bits per heavy atom. The van der Waals surface area contributed by atoms with E-state index in [2.05, 4.69) is 28.9 Å². The maximum atomic E-state index is 10.8. The number of hydrogen-bond donors (Lipinski definition) is 1. The zero-order chi connectivity index (χ0) is 13.3. The van der Waals surface area contributed by atoms with Crippen LogP contribution in [0.5, 0.6) is 0 Å². The lowest BCUT2D eigenvalue weighted by Crippen LogP contribution is -2.44. The summed E-state index contributed by atoms with van der Waals surface area (Å²) in [5, 5.41) is 9.90. The minimum absolute atomic E-state index is 0.0791. The molecule has 1 N–H and O–H groups in total. The second kappa shape index (κ2) is 5.34. The molecule has 0 bridgehead atoms. The van der Waals surface area contributed by atoms with E-state index in [9.17, 15) is 4.79 Å². The summed E-state index contributed by atoms with van der Waals surface area (Å²) in [6.45, 7) is 4.94. The van der Waals surface area contributed by atoms with Crippen molar-refractivity contribution in [3.05, 3.63) is 15.6 Å². The Labute approximate surface area is 111 Å². The molecule has 100 valence electrons. The van der Waals surface area contributed by atoms with Crippen LogP contribution < -0.4 is 0 Å². The number of nitrogens with zero attached hydrogens (tertiary/aromatic N) is 3. The number of rotatable bonds is 3. The first kappa shape index (κ1) is 13.5. The molecule has 1 fully saturated rings. The van der Waals surface area contributed by atoms with Gasteiger partial charge < -0.3 is 10.0 Å². The number of carboxylic acids is 1. The van der Waals surface area contributed by atoms with Crippen molar-refractivity contribution < 1.29 is 9.90 Å². The Hall–Kier alpha value is -0.980. The minimum Gasteiger partial charge on any atom is -0.481 e. The molecule has 2 heterocycles. The van der Waals surface area contributed by atoms with Crippen molar-refractivity contribution in [2.24, 2.45) is 0 Å². The molecule has 0 spiro atoms. The second-order valence-corrected chi connectivity index (χ2v) is 6.01. The molecule has 1 aliphatic heterocycles. The number of carboxylic acid groups (broad SMARTS) is 1. The number of piperazine rings is 1. The van der Waals surface area contributed by atoms with Gasteiger partial charge in [-0.1, -0.05) is 0 Å². The van der Waals surface area contributed by atoms with Gasteiger partial charge in [-0.25, -0.2) is 4.98 Å². The molecule has 2 rings (SSSR count). The minimum atomic E-state index is -0.789. The van der Waals surface area contributed by atoms with Crippen molar-refractivity contribution >= 4 is 17.3 Å². The van der Waals surface area contributed by atoms with E-state index in [0.717, 1.165) is 35.2 Å². The molecule has 6 heteroatoms. The molecule has 1 atom stereocenters. The van der Waals surface area contributed by atoms with Crippen LogP contribution in [0, 0.1) is 6.92 Å². The molecule has 18 heavy (non-hydrogen) atoms. The molecule has 1 aromatic rings. The zero-order valence-electron chi connectivity index (χ0n) is 11.0. The van der Waals surface area contributed by atoms with Gasteiger partial charge >= 0.3 is 5.97 Å². The van der Waals surface area contributed by atoms with Gasteiger partial charge in [-0.3, -0.25) is 9.69 Å². The summed E-state index contributed by atoms with van der Waals surface area (Å²) < 4.78 is 0. The summed E-state index contributed by atoms with van der Waals surface area (Å²) in [6, 6.07) is 0.287. The number of aliphatic carboxylic acids is 1. The molecule has 1 aromatic heterocycles. The Bertz CT molecular complexity index is 447. The van der Waals surface area contributed by atoms with Crippen LogP contribution >= 0.6 is 11.3 Å². The molecular weight excluding hydrogens is 250 g/mol. The molecule has 0 radical (unpaired) electrons. The number of carbonyl (C=O) groups is 1. The Balaban J connectivity index is 2.19. The summed E-state index contributed by atoms with van der Waals surface area (Å²) in [7, 11) is 4.21. The molecule has 1 aliphatic rings. The van der Waals surface area contributed by atoms with Gasteiger partial charge in [-0.2, -0.15) is 0 Å². The highest BCUT2D eigenvalue weighted by molar-refractivity contribution is 7.11. The van der Waals surface area contributed by atoms with Crippen LogP contribution in [0.25, 0.3) is 0 Å². The highest BCUT2D eigenvalue weighted by atomic mass is 32.1. The average Bonchev–Trinajstić information content (AvgIpc) is 2.63. The van der Waals surface area contributed by atoms with Crippen molar-refractivity contribution in [2.45, 2.75) is 19.4 Å². The van der Waals surface area contributed by atoms with E-state index in [1.807, 2.05) is 6.92 Å². The van der Waals surface area contributed by atoms with Gasteiger partial charge in [0.15, 0.2) is 0 Å². The van der Waals surface area contributed by atoms with Gasteiger partial charge in [-0.15, -0.1) is 11.3 Å². The monoisotopic (exact) mass is 269 g/mol. The lowest BCUT2D eigenvalue weighted by Gasteiger charge is -2.36. The molecule has 1 unspecified atom stereocenters. The van der Waals surface area contributed by atoms with Gasteiger partial charge in [0.25, 0.3) is 0 Å². The normalized spacial score (nSPS) is 22.3. The van der Waals surface area contributed by atoms with Crippen LogP contribution in [0.15, 0.2) is 0 Å². The Morgan fingerprint density at radius 1 is 1.50 bits per heavy atom. The van der Waals surface area contributed by atoms with E-state index in [1.54, 1.807) is 0 Å². The van der Waals surface area contributed by atoms with Gasteiger partial charge in [0.1, 0.15) is 5.01 Å². The first-order valence-corrected chi connectivity index (χ1v) is 6.86. The fourth-order valence-electron chi connectivity index (χ4n) is 2.17. The molecule has 1 saturated heterocycles. The van der Waals surface area contributed by atoms with Crippen LogP contribution in [0.3, 0.4) is 0 Å². The van der Waals surface area contributed by atoms with Gasteiger partial charge in [0.05, 0.1) is 18.2 Å². The van der Waals surface area contributed by atoms with Crippen molar-refractivity contribution in [3.8, 4) is 0 Å². The third-order valence-corrected chi connectivity index (χ3v) is 4.62. The summed E-state index contributed by atoms with van der Waals surface area (Å²) in [5.74, 6) is -0.789. The van der Waals surface area contributed by atoms with Gasteiger partial charge in [0.2, 0.25) is 0 Å². The number of likely N-dealkylation sites (N-methyl/N-ethyl adjacent to an activating group) is 2. The lowest BCUT2D eigenvalue weighted by atomic mass is 10.2. The van der Waals surface area contributed by atoms with E-state index in [-0.39, 0.29) is 12.5 Å². The quantitative estimate of drug-likeness (QED) is 0.887. The van der Waals surface area contributed by atoms with Gasteiger partial charge in [-0.05, 0) is 21.0 Å². The van der Waals surface area contributed by atoms with E-state index >= 15 is 0 Å². The number of aromatic nitrogens is 1. The maximum absolute atomic E-state index is 10.8. The predicted molar refractivity (Wildman–Crippen MR) is 71.1 cm³/mol. The van der Waals surface area contributed by atoms with E-state index in [1.165, 1.54) is 11.3 Å². The van der Waals surface area contributed by atoms with E-state index < -0.39 is 5.97 Å². The average molecular weight is 269 g/mol. The van der Waals surface area contributed by atoms with E-state index in [4.69, 9.17) is 5.11 Å². The van der Waals surface area contributed by atoms with Crippen LogP contribution in [0.1, 0.15) is 21.6 Å². The van der Waals surface area contributed by atoms with Crippen molar-refractivity contribution in [2.75, 3.05) is 33.7 Å². The zero-order valence-corrected chi connectivity index (χ0v) is 11.8. The lowest BCUT2D eigenvalue weighted by molar-refractivity contribution is -0.136. The highest BCUT2D eigenvalue weighted by Gasteiger charge is 2.27. The molecule has 5 nitrogen and oxygen atoms in total. The van der Waals surface area contributed by atoms with Crippen molar-refractivity contribution in [1.29, 1.82) is 0 Å². The third-order valence-electron chi connectivity index (χ3n) is 3.36. The molecule has 0 aromatic carbocycles. The van der Waals surface area contributed by atoms with Crippen molar-refractivity contribution in [3.63, 3.8) is 0 Å². The predicted octanol–water partition coefficient (Wildman–Crippen LogP) is 0.997. The van der Waals surface area contributed by atoms with Crippen LogP contribution in [-0.2, 0) is 11.2 Å². The van der Waals surface area contributed by atoms with Crippen LogP contribution in [0.4, 0.5) is 0 Å². The molecular formula is C12H19N3O2S. The third kappa shape index (κ3) is 2.88. The number of hydrogen-bond acceptors (Lipinski definition) is 5. The SMILES string of the molecule is Cc1nc(C2CN(C)CCN2C)sc1CC(=O)O. The first-order valence-electron chi connectivity index (χ1n) is 6.04. The Morgan fingerprint density at radius 3 is 2.89 bits per heavy atom. The first-order chi connectivity index (χ1) is 8.47. The van der Waals surface area contributed by atoms with Gasteiger partial charge in [0, 0.05) is 24.5 Å². The molecule has 0 amide bonds. The molecule has 0 saturated carbocycles. The summed E-state index contributed by atoms with van der Waals surface area (Å²) in [6.07, 6.45) is 0.0791. The highest BCUT2D eigenvalue weighted by Crippen LogP contribution is 2.29. The second-order valence-electron chi connectivity index (χ2n) is 4.89.